The van der Waals surface area contributed by atoms with Crippen LogP contribution in [0.25, 0.3) is 0 Å². The van der Waals surface area contributed by atoms with Crippen LogP contribution in [0.2, 0.25) is 0 Å². The van der Waals surface area contributed by atoms with E-state index in [0.717, 1.165) is 48.9 Å². The molecule has 0 radical (unpaired) electrons. The van der Waals surface area contributed by atoms with Gasteiger partial charge >= 0.3 is 0 Å². The zero-order valence-corrected chi connectivity index (χ0v) is 11.1. The van der Waals surface area contributed by atoms with E-state index in [1.807, 2.05) is 6.07 Å². The predicted octanol–water partition coefficient (Wildman–Crippen LogP) is 2.37. The molecule has 3 rings (SSSR count). The number of carbonyl (C=O) groups is 1. The second-order valence-corrected chi connectivity index (χ2v) is 6.20. The molecule has 1 saturated carbocycles. The fourth-order valence-corrected chi connectivity index (χ4v) is 3.21. The SMILES string of the molecule is Nc1cc(NCC2CCOC2)sc1C(=O)C1CC1. The maximum absolute atomic E-state index is 12.0. The topological polar surface area (TPSA) is 64.3 Å². The average molecular weight is 266 g/mol. The Kier molecular flexibility index (Phi) is 3.26. The van der Waals surface area contributed by atoms with Gasteiger partial charge in [0.1, 0.15) is 0 Å². The number of nitrogen functional groups attached to an aromatic ring is 1. The highest BCUT2D eigenvalue weighted by Crippen LogP contribution is 2.38. The molecule has 1 saturated heterocycles. The third-order valence-corrected chi connectivity index (χ3v) is 4.64. The summed E-state index contributed by atoms with van der Waals surface area (Å²) in [6, 6.07) is 1.89. The first-order chi connectivity index (χ1) is 8.74. The second-order valence-electron chi connectivity index (χ2n) is 5.14. The quantitative estimate of drug-likeness (QED) is 0.803. The molecule has 2 aliphatic rings. The summed E-state index contributed by atoms with van der Waals surface area (Å²) in [7, 11) is 0. The van der Waals surface area contributed by atoms with Gasteiger partial charge in [-0.05, 0) is 25.3 Å². The van der Waals surface area contributed by atoms with Gasteiger partial charge in [-0.2, -0.15) is 0 Å². The van der Waals surface area contributed by atoms with Crippen LogP contribution in [0.15, 0.2) is 6.07 Å². The summed E-state index contributed by atoms with van der Waals surface area (Å²) >= 11 is 1.49. The lowest BCUT2D eigenvalue weighted by atomic mass is 10.1. The summed E-state index contributed by atoms with van der Waals surface area (Å²) in [6.45, 7) is 2.60. The van der Waals surface area contributed by atoms with Crippen molar-refractivity contribution in [3.63, 3.8) is 0 Å². The first kappa shape index (κ1) is 12.0. The van der Waals surface area contributed by atoms with Crippen LogP contribution in [0.5, 0.6) is 0 Å². The van der Waals surface area contributed by atoms with E-state index < -0.39 is 0 Å². The molecule has 0 bridgehead atoms. The summed E-state index contributed by atoms with van der Waals surface area (Å²) in [6.07, 6.45) is 3.17. The number of carbonyl (C=O) groups excluding carboxylic acids is 1. The first-order valence-corrected chi connectivity index (χ1v) is 7.31. The average Bonchev–Trinajstić information content (AvgIpc) is 2.95. The van der Waals surface area contributed by atoms with Gasteiger partial charge in [-0.1, -0.05) is 0 Å². The summed E-state index contributed by atoms with van der Waals surface area (Å²) in [5, 5.41) is 4.37. The standard InChI is InChI=1S/C13H18N2O2S/c14-10-5-11(15-6-8-3-4-17-7-8)18-13(10)12(16)9-1-2-9/h5,8-9,15H,1-4,6-7,14H2. The van der Waals surface area contributed by atoms with E-state index in [1.165, 1.54) is 11.3 Å². The van der Waals surface area contributed by atoms with E-state index in [9.17, 15) is 4.79 Å². The van der Waals surface area contributed by atoms with Gasteiger partial charge in [0, 0.05) is 25.0 Å². The summed E-state index contributed by atoms with van der Waals surface area (Å²) in [4.78, 5) is 12.7. The molecule has 1 aromatic rings. The fraction of sp³-hybridized carbons (Fsp3) is 0.615. The minimum absolute atomic E-state index is 0.231. The Balaban J connectivity index is 1.62. The Hall–Kier alpha value is -1.07. The summed E-state index contributed by atoms with van der Waals surface area (Å²) < 4.78 is 5.34. The highest BCUT2D eigenvalue weighted by atomic mass is 32.1. The number of nitrogens with two attached hydrogens (primary N) is 1. The number of ketones is 1. The van der Waals surface area contributed by atoms with Crippen molar-refractivity contribution in [2.75, 3.05) is 30.8 Å². The Morgan fingerprint density at radius 1 is 1.50 bits per heavy atom. The van der Waals surface area contributed by atoms with Gasteiger partial charge in [-0.15, -0.1) is 11.3 Å². The lowest BCUT2D eigenvalue weighted by Gasteiger charge is -2.08. The third-order valence-electron chi connectivity index (χ3n) is 3.52. The number of nitrogens with one attached hydrogen (secondary N) is 1. The monoisotopic (exact) mass is 266 g/mol. The van der Waals surface area contributed by atoms with Crippen molar-refractivity contribution in [2.24, 2.45) is 11.8 Å². The largest absolute Gasteiger partial charge is 0.397 e. The maximum Gasteiger partial charge on any atom is 0.178 e. The molecule has 3 N–H and O–H groups in total. The molecule has 0 spiro atoms. The Bertz CT molecular complexity index is 448. The number of Topliss-reactive ketones (excluding diaryl/α,β-unsaturated/α-hetero) is 1. The van der Waals surface area contributed by atoms with Crippen LogP contribution in [0.3, 0.4) is 0 Å². The Morgan fingerprint density at radius 3 is 3.00 bits per heavy atom. The van der Waals surface area contributed by atoms with Crippen LogP contribution in [-0.4, -0.2) is 25.5 Å². The number of hydrogen-bond acceptors (Lipinski definition) is 5. The molecule has 2 heterocycles. The summed E-state index contributed by atoms with van der Waals surface area (Å²) in [5.41, 5.74) is 6.54. The van der Waals surface area contributed by atoms with Gasteiger partial charge in [0.25, 0.3) is 0 Å². The van der Waals surface area contributed by atoms with Crippen molar-refractivity contribution in [1.82, 2.24) is 0 Å². The van der Waals surface area contributed by atoms with Crippen molar-refractivity contribution in [1.29, 1.82) is 0 Å². The van der Waals surface area contributed by atoms with Crippen LogP contribution in [0, 0.1) is 11.8 Å². The number of rotatable bonds is 5. The van der Waals surface area contributed by atoms with Gasteiger partial charge in [-0.25, -0.2) is 0 Å². The molecule has 1 aromatic heterocycles. The van der Waals surface area contributed by atoms with Crippen molar-refractivity contribution < 1.29 is 9.53 Å². The van der Waals surface area contributed by atoms with Crippen LogP contribution in [0.4, 0.5) is 10.7 Å². The van der Waals surface area contributed by atoms with Crippen molar-refractivity contribution >= 4 is 27.8 Å². The molecule has 0 amide bonds. The van der Waals surface area contributed by atoms with E-state index in [1.54, 1.807) is 0 Å². The number of ether oxygens (including phenoxy) is 1. The normalized spacial score (nSPS) is 23.2. The van der Waals surface area contributed by atoms with Crippen molar-refractivity contribution in [2.45, 2.75) is 19.3 Å². The van der Waals surface area contributed by atoms with Crippen molar-refractivity contribution in [3.05, 3.63) is 10.9 Å². The number of anilines is 2. The fourth-order valence-electron chi connectivity index (χ4n) is 2.20. The molecule has 5 heteroatoms. The minimum atomic E-state index is 0.231. The van der Waals surface area contributed by atoms with E-state index in [0.29, 0.717) is 11.6 Å². The molecule has 4 nitrogen and oxygen atoms in total. The molecule has 1 aliphatic carbocycles. The molecular formula is C13H18N2O2S. The van der Waals surface area contributed by atoms with Gasteiger partial charge in [0.2, 0.25) is 0 Å². The highest BCUT2D eigenvalue weighted by Gasteiger charge is 2.32. The number of hydrogen-bond donors (Lipinski definition) is 2. The lowest BCUT2D eigenvalue weighted by molar-refractivity contribution is 0.0972. The van der Waals surface area contributed by atoms with Crippen LogP contribution in [-0.2, 0) is 4.74 Å². The first-order valence-electron chi connectivity index (χ1n) is 6.49. The predicted molar refractivity (Wildman–Crippen MR) is 73.2 cm³/mol. The van der Waals surface area contributed by atoms with E-state index in [-0.39, 0.29) is 11.7 Å². The Morgan fingerprint density at radius 2 is 2.33 bits per heavy atom. The van der Waals surface area contributed by atoms with Gasteiger partial charge < -0.3 is 15.8 Å². The van der Waals surface area contributed by atoms with Gasteiger partial charge in [0.15, 0.2) is 5.78 Å². The molecule has 18 heavy (non-hydrogen) atoms. The zero-order chi connectivity index (χ0) is 12.5. The second kappa shape index (κ2) is 4.90. The molecular weight excluding hydrogens is 248 g/mol. The highest BCUT2D eigenvalue weighted by molar-refractivity contribution is 7.18. The lowest BCUT2D eigenvalue weighted by Crippen LogP contribution is -2.13. The van der Waals surface area contributed by atoms with E-state index >= 15 is 0 Å². The minimum Gasteiger partial charge on any atom is -0.397 e. The molecule has 1 atom stereocenters. The third kappa shape index (κ3) is 2.52. The van der Waals surface area contributed by atoms with E-state index in [4.69, 9.17) is 10.5 Å². The molecule has 2 fully saturated rings. The molecule has 1 aliphatic heterocycles. The Labute approximate surface area is 111 Å². The van der Waals surface area contributed by atoms with E-state index in [2.05, 4.69) is 5.32 Å². The zero-order valence-electron chi connectivity index (χ0n) is 10.3. The maximum atomic E-state index is 12.0. The molecule has 98 valence electrons. The molecule has 0 aromatic carbocycles. The van der Waals surface area contributed by atoms with Crippen LogP contribution < -0.4 is 11.1 Å². The van der Waals surface area contributed by atoms with Crippen LogP contribution >= 0.6 is 11.3 Å². The smallest absolute Gasteiger partial charge is 0.178 e. The van der Waals surface area contributed by atoms with Crippen LogP contribution in [0.1, 0.15) is 28.9 Å². The number of thiophene rings is 1. The van der Waals surface area contributed by atoms with Gasteiger partial charge in [-0.3, -0.25) is 4.79 Å². The van der Waals surface area contributed by atoms with Crippen molar-refractivity contribution in [3.8, 4) is 0 Å². The van der Waals surface area contributed by atoms with Gasteiger partial charge in [0.05, 0.1) is 22.2 Å². The molecule has 1 unspecified atom stereocenters. The summed E-state index contributed by atoms with van der Waals surface area (Å²) in [5.74, 6) is 1.05.